The lowest BCUT2D eigenvalue weighted by molar-refractivity contribution is -0.131. The van der Waals surface area contributed by atoms with Gasteiger partial charge in [0.1, 0.15) is 0 Å². The van der Waals surface area contributed by atoms with E-state index in [1.54, 1.807) is 35.8 Å². The molecule has 0 aliphatic carbocycles. The number of imidazole rings is 1. The van der Waals surface area contributed by atoms with E-state index >= 15 is 0 Å². The third-order valence-electron chi connectivity index (χ3n) is 4.69. The fraction of sp³-hybridized carbons (Fsp3) is 0.263. The standard InChI is InChI=1S/C19H19N5O2/c25-18(12-14-1-2-16-17(11-14)22-13-21-16)23-7-9-24(10-8-23)19(26)15-3-5-20-6-4-15/h1-6,11,13H,7-10,12H2,(H,21,22). The minimum Gasteiger partial charge on any atom is -0.345 e. The highest BCUT2D eigenvalue weighted by atomic mass is 16.2. The molecule has 1 aromatic carbocycles. The van der Waals surface area contributed by atoms with Gasteiger partial charge in [-0.2, -0.15) is 0 Å². The summed E-state index contributed by atoms with van der Waals surface area (Å²) < 4.78 is 0. The van der Waals surface area contributed by atoms with E-state index in [0.717, 1.165) is 16.6 Å². The summed E-state index contributed by atoms with van der Waals surface area (Å²) in [6.07, 6.45) is 5.23. The predicted octanol–water partition coefficient (Wildman–Crippen LogP) is 1.49. The van der Waals surface area contributed by atoms with E-state index in [0.29, 0.717) is 38.2 Å². The zero-order chi connectivity index (χ0) is 17.9. The van der Waals surface area contributed by atoms with E-state index in [1.165, 1.54) is 0 Å². The molecule has 1 saturated heterocycles. The van der Waals surface area contributed by atoms with Crippen LogP contribution in [0.4, 0.5) is 0 Å². The summed E-state index contributed by atoms with van der Waals surface area (Å²) in [5.74, 6) is 0.0732. The molecule has 1 aliphatic heterocycles. The molecule has 0 saturated carbocycles. The van der Waals surface area contributed by atoms with Gasteiger partial charge in [-0.25, -0.2) is 4.98 Å². The van der Waals surface area contributed by atoms with Crippen LogP contribution in [0.5, 0.6) is 0 Å². The molecule has 2 amide bonds. The molecule has 1 N–H and O–H groups in total. The summed E-state index contributed by atoms with van der Waals surface area (Å²) in [4.78, 5) is 39.8. The average molecular weight is 349 g/mol. The van der Waals surface area contributed by atoms with Gasteiger partial charge >= 0.3 is 0 Å². The van der Waals surface area contributed by atoms with Gasteiger partial charge in [0.15, 0.2) is 0 Å². The molecular formula is C19H19N5O2. The van der Waals surface area contributed by atoms with Crippen LogP contribution in [0.15, 0.2) is 49.1 Å². The normalized spacial score (nSPS) is 14.6. The fourth-order valence-corrected chi connectivity index (χ4v) is 3.22. The predicted molar refractivity (Wildman–Crippen MR) is 96.5 cm³/mol. The van der Waals surface area contributed by atoms with Crippen LogP contribution in [0.1, 0.15) is 15.9 Å². The molecule has 4 rings (SSSR count). The zero-order valence-electron chi connectivity index (χ0n) is 14.3. The van der Waals surface area contributed by atoms with Crippen molar-refractivity contribution in [2.75, 3.05) is 26.2 Å². The maximum atomic E-state index is 12.6. The minimum absolute atomic E-state index is 0.0100. The summed E-state index contributed by atoms with van der Waals surface area (Å²) in [5, 5.41) is 0. The largest absolute Gasteiger partial charge is 0.345 e. The fourth-order valence-electron chi connectivity index (χ4n) is 3.22. The van der Waals surface area contributed by atoms with Crippen molar-refractivity contribution in [1.82, 2.24) is 24.8 Å². The van der Waals surface area contributed by atoms with Crippen molar-refractivity contribution in [3.63, 3.8) is 0 Å². The summed E-state index contributed by atoms with van der Waals surface area (Å²) in [7, 11) is 0. The first kappa shape index (κ1) is 16.3. The van der Waals surface area contributed by atoms with Gasteiger partial charge in [0.2, 0.25) is 5.91 Å². The molecule has 0 atom stereocenters. The molecule has 2 aromatic heterocycles. The van der Waals surface area contributed by atoms with Gasteiger partial charge in [-0.1, -0.05) is 6.07 Å². The highest BCUT2D eigenvalue weighted by Gasteiger charge is 2.24. The number of carbonyl (C=O) groups excluding carboxylic acids is 2. The second kappa shape index (κ2) is 6.95. The third-order valence-corrected chi connectivity index (χ3v) is 4.69. The van der Waals surface area contributed by atoms with Crippen LogP contribution in [0.25, 0.3) is 11.0 Å². The lowest BCUT2D eigenvalue weighted by Gasteiger charge is -2.35. The third kappa shape index (κ3) is 3.28. The van der Waals surface area contributed by atoms with Crippen LogP contribution in [-0.4, -0.2) is 62.7 Å². The number of rotatable bonds is 3. The molecule has 1 fully saturated rings. The Balaban J connectivity index is 1.35. The number of fused-ring (bicyclic) bond motifs is 1. The van der Waals surface area contributed by atoms with Crippen molar-refractivity contribution in [3.05, 3.63) is 60.2 Å². The highest BCUT2D eigenvalue weighted by Crippen LogP contribution is 2.14. The number of benzene rings is 1. The number of pyridine rings is 1. The van der Waals surface area contributed by atoms with Gasteiger partial charge in [-0.05, 0) is 29.8 Å². The highest BCUT2D eigenvalue weighted by molar-refractivity contribution is 5.94. The molecule has 1 aliphatic rings. The zero-order valence-corrected chi connectivity index (χ0v) is 14.3. The quantitative estimate of drug-likeness (QED) is 0.777. The van der Waals surface area contributed by atoms with Gasteiger partial charge in [0.05, 0.1) is 23.8 Å². The number of carbonyl (C=O) groups is 2. The molecule has 7 heteroatoms. The van der Waals surface area contributed by atoms with Crippen LogP contribution in [0.3, 0.4) is 0 Å². The monoisotopic (exact) mass is 349 g/mol. The van der Waals surface area contributed by atoms with Crippen molar-refractivity contribution >= 4 is 22.8 Å². The van der Waals surface area contributed by atoms with Crippen molar-refractivity contribution in [1.29, 1.82) is 0 Å². The van der Waals surface area contributed by atoms with E-state index in [4.69, 9.17) is 0 Å². The second-order valence-corrected chi connectivity index (χ2v) is 6.34. The average Bonchev–Trinajstić information content (AvgIpc) is 3.16. The number of nitrogens with one attached hydrogen (secondary N) is 1. The van der Waals surface area contributed by atoms with Crippen LogP contribution in [-0.2, 0) is 11.2 Å². The Morgan fingerprint density at radius 1 is 1.00 bits per heavy atom. The van der Waals surface area contributed by atoms with Crippen molar-refractivity contribution in [2.45, 2.75) is 6.42 Å². The van der Waals surface area contributed by atoms with Gasteiger partial charge in [0, 0.05) is 44.1 Å². The van der Waals surface area contributed by atoms with Crippen molar-refractivity contribution in [2.24, 2.45) is 0 Å². The number of hydrogen-bond acceptors (Lipinski definition) is 4. The maximum absolute atomic E-state index is 12.6. The summed E-state index contributed by atoms with van der Waals surface area (Å²) in [6.45, 7) is 2.21. The van der Waals surface area contributed by atoms with E-state index in [-0.39, 0.29) is 11.8 Å². The second-order valence-electron chi connectivity index (χ2n) is 6.34. The molecule has 0 radical (unpaired) electrons. The van der Waals surface area contributed by atoms with Crippen LogP contribution in [0, 0.1) is 0 Å². The van der Waals surface area contributed by atoms with Gasteiger partial charge in [0.25, 0.3) is 5.91 Å². The number of hydrogen-bond donors (Lipinski definition) is 1. The maximum Gasteiger partial charge on any atom is 0.254 e. The molecule has 26 heavy (non-hydrogen) atoms. The van der Waals surface area contributed by atoms with E-state index < -0.39 is 0 Å². The summed E-state index contributed by atoms with van der Waals surface area (Å²) in [6, 6.07) is 9.24. The molecular weight excluding hydrogens is 330 g/mol. The Kier molecular flexibility index (Phi) is 4.35. The van der Waals surface area contributed by atoms with Crippen molar-refractivity contribution in [3.8, 4) is 0 Å². The number of amides is 2. The first-order valence-electron chi connectivity index (χ1n) is 8.60. The van der Waals surface area contributed by atoms with Crippen molar-refractivity contribution < 1.29 is 9.59 Å². The number of piperazine rings is 1. The van der Waals surface area contributed by atoms with Crippen LogP contribution in [0.2, 0.25) is 0 Å². The molecule has 132 valence electrons. The Bertz CT molecular complexity index is 929. The number of nitrogens with zero attached hydrogens (tertiary/aromatic N) is 4. The smallest absolute Gasteiger partial charge is 0.254 e. The van der Waals surface area contributed by atoms with Gasteiger partial charge < -0.3 is 14.8 Å². The summed E-state index contributed by atoms with van der Waals surface area (Å²) in [5.41, 5.74) is 3.42. The molecule has 7 nitrogen and oxygen atoms in total. The van der Waals surface area contributed by atoms with E-state index in [9.17, 15) is 9.59 Å². The molecule has 0 bridgehead atoms. The summed E-state index contributed by atoms with van der Waals surface area (Å²) >= 11 is 0. The molecule has 3 aromatic rings. The topological polar surface area (TPSA) is 82.2 Å². The molecule has 0 unspecified atom stereocenters. The van der Waals surface area contributed by atoms with Gasteiger partial charge in [-0.3, -0.25) is 14.6 Å². The molecule has 0 spiro atoms. The van der Waals surface area contributed by atoms with E-state index in [2.05, 4.69) is 15.0 Å². The van der Waals surface area contributed by atoms with E-state index in [1.807, 2.05) is 23.1 Å². The Morgan fingerprint density at radius 2 is 1.73 bits per heavy atom. The van der Waals surface area contributed by atoms with Crippen LogP contribution < -0.4 is 0 Å². The Labute approximate surface area is 150 Å². The SMILES string of the molecule is O=C(Cc1ccc2nc[nH]c2c1)N1CCN(C(=O)c2ccncc2)CC1. The lowest BCUT2D eigenvalue weighted by Crippen LogP contribution is -2.51. The number of aromatic nitrogens is 3. The van der Waals surface area contributed by atoms with Crippen LogP contribution >= 0.6 is 0 Å². The number of H-pyrrole nitrogens is 1. The minimum atomic E-state index is -0.0100. The Morgan fingerprint density at radius 3 is 2.50 bits per heavy atom. The first-order chi connectivity index (χ1) is 12.7. The first-order valence-corrected chi connectivity index (χ1v) is 8.60. The van der Waals surface area contributed by atoms with Gasteiger partial charge in [-0.15, -0.1) is 0 Å². The number of aromatic amines is 1. The molecule has 3 heterocycles. The lowest BCUT2D eigenvalue weighted by atomic mass is 10.1. The Hall–Kier alpha value is -3.22.